The van der Waals surface area contributed by atoms with Gasteiger partial charge in [0.1, 0.15) is 25.0 Å². The van der Waals surface area contributed by atoms with Crippen LogP contribution in [-0.2, 0) is 17.5 Å². The molecule has 0 aliphatic carbocycles. The third-order valence-corrected chi connectivity index (χ3v) is 3.04. The van der Waals surface area contributed by atoms with Crippen LogP contribution in [0.4, 0.5) is 13.2 Å². The molecule has 0 aliphatic rings. The van der Waals surface area contributed by atoms with Crippen molar-refractivity contribution in [2.45, 2.75) is 18.8 Å². The van der Waals surface area contributed by atoms with Gasteiger partial charge in [0.15, 0.2) is 0 Å². The quantitative estimate of drug-likeness (QED) is 0.798. The topological polar surface area (TPSA) is 76.4 Å². The maximum atomic E-state index is 12.4. The van der Waals surface area contributed by atoms with Gasteiger partial charge < -0.3 is 19.7 Å². The lowest BCUT2D eigenvalue weighted by Gasteiger charge is -2.14. The third-order valence-electron chi connectivity index (χ3n) is 3.04. The van der Waals surface area contributed by atoms with Crippen LogP contribution in [0.1, 0.15) is 5.56 Å². The van der Waals surface area contributed by atoms with Gasteiger partial charge in [-0.2, -0.15) is 13.2 Å². The largest absolute Gasteiger partial charge is 0.491 e. The highest BCUT2D eigenvalue weighted by molar-refractivity contribution is 5.75. The van der Waals surface area contributed by atoms with E-state index in [0.717, 1.165) is 12.1 Å². The Hall–Kier alpha value is -2.55. The van der Waals surface area contributed by atoms with E-state index in [1.807, 2.05) is 0 Å². The minimum Gasteiger partial charge on any atom is -0.491 e. The molecule has 1 amide bonds. The van der Waals surface area contributed by atoms with Crippen LogP contribution in [-0.4, -0.2) is 39.8 Å². The van der Waals surface area contributed by atoms with Crippen LogP contribution < -0.4 is 10.1 Å². The molecule has 0 saturated carbocycles. The van der Waals surface area contributed by atoms with Crippen molar-refractivity contribution in [1.82, 2.24) is 14.9 Å². The summed E-state index contributed by atoms with van der Waals surface area (Å²) >= 11 is 0. The molecule has 1 aromatic heterocycles. The average Bonchev–Trinajstić information content (AvgIpc) is 3.03. The van der Waals surface area contributed by atoms with Gasteiger partial charge in [0, 0.05) is 18.9 Å². The fourth-order valence-corrected chi connectivity index (χ4v) is 1.83. The van der Waals surface area contributed by atoms with Gasteiger partial charge in [-0.3, -0.25) is 4.79 Å². The number of aliphatic hydroxyl groups is 1. The molecule has 2 rings (SSSR count). The SMILES string of the molecule is O=C(Cn1ccnc1)NCC(O)COc1ccc(C(F)(F)F)cc1. The first-order valence-electron chi connectivity index (χ1n) is 7.05. The Labute approximate surface area is 135 Å². The standard InChI is InChI=1S/C15H16F3N3O3/c16-15(17,18)11-1-3-13(4-2-11)24-9-12(22)7-20-14(23)8-21-6-5-19-10-21/h1-6,10,12,22H,7-9H2,(H,20,23). The Morgan fingerprint density at radius 2 is 2.04 bits per heavy atom. The number of carbonyl (C=O) groups excluding carboxylic acids is 1. The van der Waals surface area contributed by atoms with Gasteiger partial charge in [-0.15, -0.1) is 0 Å². The van der Waals surface area contributed by atoms with E-state index in [9.17, 15) is 23.1 Å². The van der Waals surface area contributed by atoms with Gasteiger partial charge in [-0.05, 0) is 24.3 Å². The maximum absolute atomic E-state index is 12.4. The van der Waals surface area contributed by atoms with Crippen molar-refractivity contribution in [3.05, 3.63) is 48.5 Å². The van der Waals surface area contributed by atoms with E-state index in [1.54, 1.807) is 17.0 Å². The lowest BCUT2D eigenvalue weighted by Crippen LogP contribution is -2.36. The average molecular weight is 343 g/mol. The number of nitrogens with zero attached hydrogens (tertiary/aromatic N) is 2. The number of aliphatic hydroxyl groups excluding tert-OH is 1. The molecule has 0 radical (unpaired) electrons. The fourth-order valence-electron chi connectivity index (χ4n) is 1.83. The molecule has 0 bridgehead atoms. The number of carbonyl (C=O) groups is 1. The third kappa shape index (κ3) is 5.58. The molecule has 0 aliphatic heterocycles. The van der Waals surface area contributed by atoms with Crippen molar-refractivity contribution in [1.29, 1.82) is 0 Å². The molecule has 0 fully saturated rings. The van der Waals surface area contributed by atoms with Crippen molar-refractivity contribution in [3.63, 3.8) is 0 Å². The van der Waals surface area contributed by atoms with Crippen molar-refractivity contribution in [2.24, 2.45) is 0 Å². The first-order valence-corrected chi connectivity index (χ1v) is 7.05. The molecular formula is C15H16F3N3O3. The van der Waals surface area contributed by atoms with Crippen LogP contribution in [0.3, 0.4) is 0 Å². The number of hydrogen-bond acceptors (Lipinski definition) is 4. The normalized spacial score (nSPS) is 12.7. The number of halogens is 3. The Balaban J connectivity index is 1.71. The maximum Gasteiger partial charge on any atom is 0.416 e. The first-order chi connectivity index (χ1) is 11.3. The van der Waals surface area contributed by atoms with E-state index in [2.05, 4.69) is 10.3 Å². The van der Waals surface area contributed by atoms with Gasteiger partial charge in [0.2, 0.25) is 5.91 Å². The Bertz CT molecular complexity index is 642. The summed E-state index contributed by atoms with van der Waals surface area (Å²) in [6, 6.07) is 4.14. The molecular weight excluding hydrogens is 327 g/mol. The summed E-state index contributed by atoms with van der Waals surface area (Å²) in [5.41, 5.74) is -0.776. The van der Waals surface area contributed by atoms with Crippen molar-refractivity contribution in [3.8, 4) is 5.75 Å². The highest BCUT2D eigenvalue weighted by atomic mass is 19.4. The molecule has 1 atom stereocenters. The summed E-state index contributed by atoms with van der Waals surface area (Å²) in [5.74, 6) is -0.103. The molecule has 1 heterocycles. The second-order valence-corrected chi connectivity index (χ2v) is 5.03. The van der Waals surface area contributed by atoms with Crippen LogP contribution in [0.2, 0.25) is 0 Å². The molecule has 2 N–H and O–H groups in total. The molecule has 6 nitrogen and oxygen atoms in total. The Morgan fingerprint density at radius 1 is 1.33 bits per heavy atom. The van der Waals surface area contributed by atoms with Crippen LogP contribution in [0.5, 0.6) is 5.75 Å². The van der Waals surface area contributed by atoms with Crippen LogP contribution in [0.15, 0.2) is 43.0 Å². The number of alkyl halides is 3. The Kier molecular flexibility index (Phi) is 5.80. The summed E-state index contributed by atoms with van der Waals surface area (Å²) in [4.78, 5) is 15.4. The summed E-state index contributed by atoms with van der Waals surface area (Å²) in [6.45, 7) is -0.114. The highest BCUT2D eigenvalue weighted by Crippen LogP contribution is 2.30. The van der Waals surface area contributed by atoms with Gasteiger partial charge in [0.05, 0.1) is 11.9 Å². The number of benzene rings is 1. The van der Waals surface area contributed by atoms with Crippen LogP contribution >= 0.6 is 0 Å². The van der Waals surface area contributed by atoms with Gasteiger partial charge in [0.25, 0.3) is 0 Å². The Morgan fingerprint density at radius 3 is 2.62 bits per heavy atom. The summed E-state index contributed by atoms with van der Waals surface area (Å²) in [5, 5.41) is 12.3. The molecule has 2 aromatic rings. The second kappa shape index (κ2) is 7.82. The zero-order valence-electron chi connectivity index (χ0n) is 12.5. The predicted octanol–water partition coefficient (Wildman–Crippen LogP) is 1.46. The minimum atomic E-state index is -4.41. The molecule has 1 aromatic carbocycles. The fraction of sp³-hybridized carbons (Fsp3) is 0.333. The van der Waals surface area contributed by atoms with E-state index >= 15 is 0 Å². The van der Waals surface area contributed by atoms with Gasteiger partial charge in [-0.25, -0.2) is 4.98 Å². The number of rotatable bonds is 7. The number of imidazole rings is 1. The second-order valence-electron chi connectivity index (χ2n) is 5.03. The number of hydrogen-bond donors (Lipinski definition) is 2. The molecule has 9 heteroatoms. The van der Waals surface area contributed by atoms with E-state index in [0.29, 0.717) is 0 Å². The van der Waals surface area contributed by atoms with E-state index in [-0.39, 0.29) is 31.4 Å². The van der Waals surface area contributed by atoms with Crippen molar-refractivity contribution < 1.29 is 27.8 Å². The minimum absolute atomic E-state index is 0.0336. The number of aromatic nitrogens is 2. The zero-order chi connectivity index (χ0) is 17.6. The summed E-state index contributed by atoms with van der Waals surface area (Å²) in [6.07, 6.45) is -0.732. The summed E-state index contributed by atoms with van der Waals surface area (Å²) in [7, 11) is 0. The van der Waals surface area contributed by atoms with Crippen LogP contribution in [0, 0.1) is 0 Å². The lowest BCUT2D eigenvalue weighted by molar-refractivity contribution is -0.137. The van der Waals surface area contributed by atoms with E-state index in [4.69, 9.17) is 4.74 Å². The molecule has 1 unspecified atom stereocenters. The monoisotopic (exact) mass is 343 g/mol. The van der Waals surface area contributed by atoms with E-state index in [1.165, 1.54) is 18.5 Å². The lowest BCUT2D eigenvalue weighted by atomic mass is 10.2. The molecule has 0 spiro atoms. The number of ether oxygens (including phenoxy) is 1. The number of amides is 1. The molecule has 130 valence electrons. The van der Waals surface area contributed by atoms with E-state index < -0.39 is 17.8 Å². The highest BCUT2D eigenvalue weighted by Gasteiger charge is 2.30. The predicted molar refractivity (Wildman–Crippen MR) is 78.2 cm³/mol. The van der Waals surface area contributed by atoms with Gasteiger partial charge in [-0.1, -0.05) is 0 Å². The van der Waals surface area contributed by atoms with Crippen molar-refractivity contribution >= 4 is 5.91 Å². The van der Waals surface area contributed by atoms with Gasteiger partial charge >= 0.3 is 6.18 Å². The van der Waals surface area contributed by atoms with Crippen molar-refractivity contribution in [2.75, 3.05) is 13.2 Å². The summed E-state index contributed by atoms with van der Waals surface area (Å²) < 4.78 is 44.0. The zero-order valence-corrected chi connectivity index (χ0v) is 12.5. The smallest absolute Gasteiger partial charge is 0.416 e. The van der Waals surface area contributed by atoms with Crippen LogP contribution in [0.25, 0.3) is 0 Å². The first kappa shape index (κ1) is 17.8. The molecule has 0 saturated heterocycles. The number of nitrogens with one attached hydrogen (secondary N) is 1. The molecule has 24 heavy (non-hydrogen) atoms.